The minimum Gasteiger partial charge on any atom is -0.340 e. The lowest BCUT2D eigenvalue weighted by atomic mass is 10.2. The zero-order valence-corrected chi connectivity index (χ0v) is 14.2. The van der Waals surface area contributed by atoms with Gasteiger partial charge in [0.15, 0.2) is 0 Å². The molecule has 0 N–H and O–H groups in total. The lowest BCUT2D eigenvalue weighted by Gasteiger charge is -2.19. The number of aromatic nitrogens is 2. The second-order valence-electron chi connectivity index (χ2n) is 5.62. The quantitative estimate of drug-likeness (QED) is 0.719. The molecule has 128 valence electrons. The standard InChI is InChI=1S/C18H15ClFN3O2/c1-22(10-12-13(19)5-4-6-14(12)20)18(25)11-23-16-8-3-2-7-15(16)21-9-17(23)24/h2-9H,10-11H2,1H3. The molecule has 0 atom stereocenters. The summed E-state index contributed by atoms with van der Waals surface area (Å²) in [5.41, 5.74) is 1.06. The Labute approximate surface area is 148 Å². The number of likely N-dealkylation sites (N-methyl/N-ethyl adjacent to an activating group) is 1. The molecule has 3 aromatic rings. The van der Waals surface area contributed by atoms with E-state index in [0.29, 0.717) is 11.0 Å². The normalized spacial score (nSPS) is 10.8. The number of rotatable bonds is 4. The van der Waals surface area contributed by atoms with Crippen LogP contribution < -0.4 is 5.56 Å². The summed E-state index contributed by atoms with van der Waals surface area (Å²) in [4.78, 5) is 30.0. The third-order valence-electron chi connectivity index (χ3n) is 3.93. The van der Waals surface area contributed by atoms with Crippen molar-refractivity contribution < 1.29 is 9.18 Å². The molecular weight excluding hydrogens is 345 g/mol. The van der Waals surface area contributed by atoms with Gasteiger partial charge in [-0.2, -0.15) is 0 Å². The molecule has 0 aliphatic rings. The highest BCUT2D eigenvalue weighted by Crippen LogP contribution is 2.20. The molecule has 0 aliphatic carbocycles. The number of hydrogen-bond acceptors (Lipinski definition) is 3. The van der Waals surface area contributed by atoms with Gasteiger partial charge in [-0.05, 0) is 24.3 Å². The zero-order valence-electron chi connectivity index (χ0n) is 13.4. The summed E-state index contributed by atoms with van der Waals surface area (Å²) in [6.07, 6.45) is 1.18. The molecule has 5 nitrogen and oxygen atoms in total. The van der Waals surface area contributed by atoms with Crippen LogP contribution in [0.5, 0.6) is 0 Å². The Morgan fingerprint density at radius 2 is 2.00 bits per heavy atom. The first kappa shape index (κ1) is 17.1. The molecule has 0 saturated heterocycles. The Bertz CT molecular complexity index is 983. The Morgan fingerprint density at radius 3 is 2.76 bits per heavy atom. The van der Waals surface area contributed by atoms with E-state index in [2.05, 4.69) is 4.98 Å². The van der Waals surface area contributed by atoms with Gasteiger partial charge in [0.05, 0.1) is 17.2 Å². The summed E-state index contributed by atoms with van der Waals surface area (Å²) in [7, 11) is 1.54. The van der Waals surface area contributed by atoms with Crippen LogP contribution in [0.4, 0.5) is 4.39 Å². The van der Waals surface area contributed by atoms with Crippen LogP contribution in [0.15, 0.2) is 53.5 Å². The molecule has 0 aliphatic heterocycles. The molecule has 0 spiro atoms. The largest absolute Gasteiger partial charge is 0.340 e. The van der Waals surface area contributed by atoms with E-state index in [0.717, 1.165) is 0 Å². The van der Waals surface area contributed by atoms with Crippen LogP contribution in [0.1, 0.15) is 5.56 Å². The highest BCUT2D eigenvalue weighted by Gasteiger charge is 2.16. The molecule has 2 aromatic carbocycles. The number of fused-ring (bicyclic) bond motifs is 1. The Balaban J connectivity index is 1.85. The summed E-state index contributed by atoms with van der Waals surface area (Å²) >= 11 is 6.00. The van der Waals surface area contributed by atoms with E-state index < -0.39 is 5.82 Å². The number of halogens is 2. The van der Waals surface area contributed by atoms with Gasteiger partial charge in [-0.15, -0.1) is 0 Å². The van der Waals surface area contributed by atoms with Crippen molar-refractivity contribution in [1.29, 1.82) is 0 Å². The molecule has 25 heavy (non-hydrogen) atoms. The highest BCUT2D eigenvalue weighted by molar-refractivity contribution is 6.31. The predicted molar refractivity (Wildman–Crippen MR) is 93.9 cm³/mol. The van der Waals surface area contributed by atoms with Gasteiger partial charge in [0.2, 0.25) is 5.91 Å². The Morgan fingerprint density at radius 1 is 1.24 bits per heavy atom. The summed E-state index contributed by atoms with van der Waals surface area (Å²) in [6.45, 7) is -0.146. The van der Waals surface area contributed by atoms with E-state index in [-0.39, 0.29) is 35.1 Å². The number of nitrogens with zero attached hydrogens (tertiary/aromatic N) is 3. The molecule has 1 aromatic heterocycles. The number of carbonyl (C=O) groups is 1. The summed E-state index contributed by atoms with van der Waals surface area (Å²) in [5.74, 6) is -0.809. The van der Waals surface area contributed by atoms with E-state index in [1.807, 2.05) is 0 Å². The van der Waals surface area contributed by atoms with Crippen LogP contribution in [0, 0.1) is 5.82 Å². The molecule has 7 heteroatoms. The number of hydrogen-bond donors (Lipinski definition) is 0. The Hall–Kier alpha value is -2.73. The molecule has 0 saturated carbocycles. The van der Waals surface area contributed by atoms with Gasteiger partial charge in [0.1, 0.15) is 12.4 Å². The minimum absolute atomic E-state index is 0.0160. The molecule has 0 fully saturated rings. The maximum Gasteiger partial charge on any atom is 0.269 e. The second-order valence-corrected chi connectivity index (χ2v) is 6.03. The molecule has 1 amide bonds. The first-order chi connectivity index (χ1) is 12.0. The van der Waals surface area contributed by atoms with Crippen molar-refractivity contribution >= 4 is 28.5 Å². The van der Waals surface area contributed by atoms with Gasteiger partial charge in [0, 0.05) is 24.2 Å². The maximum absolute atomic E-state index is 13.9. The summed E-state index contributed by atoms with van der Waals surface area (Å²) in [6, 6.07) is 11.4. The van der Waals surface area contributed by atoms with Gasteiger partial charge in [0.25, 0.3) is 5.56 Å². The van der Waals surface area contributed by atoms with Crippen molar-refractivity contribution in [2.24, 2.45) is 0 Å². The van der Waals surface area contributed by atoms with E-state index in [1.54, 1.807) is 37.4 Å². The average molecular weight is 360 g/mol. The molecule has 0 unspecified atom stereocenters. The first-order valence-corrected chi connectivity index (χ1v) is 7.96. The lowest BCUT2D eigenvalue weighted by Crippen LogP contribution is -2.34. The summed E-state index contributed by atoms with van der Waals surface area (Å²) < 4.78 is 15.2. The fourth-order valence-electron chi connectivity index (χ4n) is 2.54. The summed E-state index contributed by atoms with van der Waals surface area (Å²) in [5, 5.41) is 0.256. The fraction of sp³-hybridized carbons (Fsp3) is 0.167. The van der Waals surface area contributed by atoms with Gasteiger partial charge in [-0.3, -0.25) is 14.2 Å². The fourth-order valence-corrected chi connectivity index (χ4v) is 2.77. The van der Waals surface area contributed by atoms with Gasteiger partial charge < -0.3 is 4.90 Å². The van der Waals surface area contributed by atoms with Crippen molar-refractivity contribution in [3.63, 3.8) is 0 Å². The van der Waals surface area contributed by atoms with Crippen LogP contribution >= 0.6 is 11.6 Å². The minimum atomic E-state index is -0.473. The third kappa shape index (κ3) is 3.53. The van der Waals surface area contributed by atoms with Crippen LogP contribution in [-0.4, -0.2) is 27.4 Å². The van der Waals surface area contributed by atoms with Crippen molar-refractivity contribution in [2.45, 2.75) is 13.1 Å². The smallest absolute Gasteiger partial charge is 0.269 e. The van der Waals surface area contributed by atoms with Crippen LogP contribution in [-0.2, 0) is 17.9 Å². The van der Waals surface area contributed by atoms with Crippen LogP contribution in [0.3, 0.4) is 0 Å². The molecule has 0 radical (unpaired) electrons. The lowest BCUT2D eigenvalue weighted by molar-refractivity contribution is -0.131. The van der Waals surface area contributed by atoms with Crippen molar-refractivity contribution in [3.05, 3.63) is 75.4 Å². The van der Waals surface area contributed by atoms with Crippen molar-refractivity contribution in [1.82, 2.24) is 14.5 Å². The first-order valence-electron chi connectivity index (χ1n) is 7.59. The van der Waals surface area contributed by atoms with Crippen LogP contribution in [0.25, 0.3) is 11.0 Å². The predicted octanol–water partition coefficient (Wildman–Crippen LogP) is 2.85. The van der Waals surface area contributed by atoms with Crippen molar-refractivity contribution in [3.8, 4) is 0 Å². The number of amides is 1. The van der Waals surface area contributed by atoms with Gasteiger partial charge in [-0.25, -0.2) is 9.37 Å². The topological polar surface area (TPSA) is 55.2 Å². The number of carbonyl (C=O) groups excluding carboxylic acids is 1. The van der Waals surface area contributed by atoms with E-state index in [1.165, 1.54) is 27.8 Å². The monoisotopic (exact) mass is 359 g/mol. The number of benzene rings is 2. The molecule has 0 bridgehead atoms. The van der Waals surface area contributed by atoms with Crippen LogP contribution in [0.2, 0.25) is 5.02 Å². The maximum atomic E-state index is 13.9. The molecule has 3 rings (SSSR count). The highest BCUT2D eigenvalue weighted by atomic mass is 35.5. The SMILES string of the molecule is CN(Cc1c(F)cccc1Cl)C(=O)Cn1c(=O)cnc2ccccc21. The second kappa shape index (κ2) is 7.03. The zero-order chi connectivity index (χ0) is 18.0. The third-order valence-corrected chi connectivity index (χ3v) is 4.28. The van der Waals surface area contributed by atoms with E-state index in [9.17, 15) is 14.0 Å². The number of para-hydroxylation sites is 2. The van der Waals surface area contributed by atoms with Gasteiger partial charge >= 0.3 is 0 Å². The Kier molecular flexibility index (Phi) is 4.81. The van der Waals surface area contributed by atoms with Gasteiger partial charge in [-0.1, -0.05) is 29.8 Å². The van der Waals surface area contributed by atoms with E-state index in [4.69, 9.17) is 11.6 Å². The average Bonchev–Trinajstić information content (AvgIpc) is 2.60. The molecule has 1 heterocycles. The van der Waals surface area contributed by atoms with Crippen molar-refractivity contribution in [2.75, 3.05) is 7.05 Å². The molecular formula is C18H15ClFN3O2. The van der Waals surface area contributed by atoms with E-state index >= 15 is 0 Å².